The summed E-state index contributed by atoms with van der Waals surface area (Å²) >= 11 is 12.9. The number of hydrogen-bond acceptors (Lipinski definition) is 8. The second kappa shape index (κ2) is 10.4. The van der Waals surface area contributed by atoms with Gasteiger partial charge in [0.15, 0.2) is 0 Å². The van der Waals surface area contributed by atoms with Gasteiger partial charge in [-0.3, -0.25) is 0 Å². The highest BCUT2D eigenvalue weighted by Gasteiger charge is 2.34. The van der Waals surface area contributed by atoms with Crippen molar-refractivity contribution in [1.82, 2.24) is 15.3 Å². The predicted molar refractivity (Wildman–Crippen MR) is 141 cm³/mol. The van der Waals surface area contributed by atoms with Crippen molar-refractivity contribution in [2.24, 2.45) is 0 Å². The van der Waals surface area contributed by atoms with Gasteiger partial charge >= 0.3 is 5.97 Å². The van der Waals surface area contributed by atoms with Gasteiger partial charge in [0.1, 0.15) is 11.5 Å². The lowest BCUT2D eigenvalue weighted by atomic mass is 10.0. The minimum Gasteiger partial charge on any atom is -0.478 e. The average Bonchev–Trinajstić information content (AvgIpc) is 3.49. The van der Waals surface area contributed by atoms with Crippen molar-refractivity contribution in [3.05, 3.63) is 69.4 Å². The van der Waals surface area contributed by atoms with E-state index in [1.165, 1.54) is 12.1 Å². The molecule has 196 valence electrons. The zero-order valence-electron chi connectivity index (χ0n) is 20.3. The molecule has 0 bridgehead atoms. The van der Waals surface area contributed by atoms with Crippen molar-refractivity contribution in [1.29, 1.82) is 0 Å². The number of piperidine rings is 1. The van der Waals surface area contributed by atoms with E-state index in [1.807, 2.05) is 6.07 Å². The molecule has 1 N–H and O–H groups in total. The lowest BCUT2D eigenvalue weighted by Gasteiger charge is -2.30. The van der Waals surface area contributed by atoms with Crippen LogP contribution in [0.2, 0.25) is 10.0 Å². The molecule has 1 aliphatic heterocycles. The highest BCUT2D eigenvalue weighted by molar-refractivity contribution is 6.39. The van der Waals surface area contributed by atoms with E-state index >= 15 is 0 Å². The fraction of sp³-hybridized carbons (Fsp3) is 0.333. The van der Waals surface area contributed by atoms with Gasteiger partial charge in [0.05, 0.1) is 28.3 Å². The smallest absolute Gasteiger partial charge is 0.335 e. The second-order valence-electron chi connectivity index (χ2n) is 9.52. The first-order valence-corrected chi connectivity index (χ1v) is 13.2. The van der Waals surface area contributed by atoms with Crippen molar-refractivity contribution in [2.45, 2.75) is 44.3 Å². The molecule has 0 radical (unpaired) electrons. The maximum Gasteiger partial charge on any atom is 0.335 e. The van der Waals surface area contributed by atoms with E-state index in [0.717, 1.165) is 37.0 Å². The first-order valence-electron chi connectivity index (χ1n) is 12.4. The van der Waals surface area contributed by atoms with E-state index < -0.39 is 5.97 Å². The number of aromatic carboxylic acids is 1. The molecular formula is C27H24Cl2N4O5. The summed E-state index contributed by atoms with van der Waals surface area (Å²) < 4.78 is 17.5. The summed E-state index contributed by atoms with van der Waals surface area (Å²) in [6.07, 6.45) is 3.80. The predicted octanol–water partition coefficient (Wildman–Crippen LogP) is 6.46. The van der Waals surface area contributed by atoms with E-state index in [0.29, 0.717) is 64.3 Å². The Morgan fingerprint density at radius 3 is 2.37 bits per heavy atom. The molecule has 1 aliphatic carbocycles. The lowest BCUT2D eigenvalue weighted by Crippen LogP contribution is -2.37. The van der Waals surface area contributed by atoms with E-state index in [9.17, 15) is 4.79 Å². The molecule has 6 rings (SSSR count). The Morgan fingerprint density at radius 2 is 1.71 bits per heavy atom. The molecule has 2 fully saturated rings. The Balaban J connectivity index is 1.10. The van der Waals surface area contributed by atoms with Gasteiger partial charge < -0.3 is 23.8 Å². The lowest BCUT2D eigenvalue weighted by molar-refractivity contribution is 0.0244. The van der Waals surface area contributed by atoms with Crippen LogP contribution in [0.1, 0.15) is 53.3 Å². The molecule has 3 heterocycles. The van der Waals surface area contributed by atoms with Gasteiger partial charge in [0.25, 0.3) is 11.8 Å². The number of halogens is 2. The third kappa shape index (κ3) is 5.01. The van der Waals surface area contributed by atoms with Crippen LogP contribution in [-0.2, 0) is 11.3 Å². The normalized spacial score (nSPS) is 16.2. The van der Waals surface area contributed by atoms with E-state index in [4.69, 9.17) is 42.1 Å². The number of nitrogens with zero attached hydrogens (tertiary/aromatic N) is 4. The quantitative estimate of drug-likeness (QED) is 0.262. The number of carbonyl (C=O) groups is 1. The molecule has 0 spiro atoms. The number of ether oxygens (including phenoxy) is 1. The first kappa shape index (κ1) is 24.9. The number of hydrogen-bond donors (Lipinski definition) is 1. The molecule has 0 amide bonds. The summed E-state index contributed by atoms with van der Waals surface area (Å²) in [5.41, 5.74) is 3.11. The second-order valence-corrected chi connectivity index (χ2v) is 10.3. The number of aromatic nitrogens is 3. The summed E-state index contributed by atoms with van der Waals surface area (Å²) in [5.74, 6) is 1.10. The standard InChI is InChI=1S/C27H24Cl2N4O5/c28-20-2-1-3-21(29)22(20)23-19(24(37-31-23)15-4-5-15)14-36-18-10-12-33(13-11-18)27-30-25(38-32-27)16-6-8-17(9-7-16)26(34)35/h1-3,6-9,15,18H,4-5,10-14H2,(H,34,35). The molecule has 9 nitrogen and oxygen atoms in total. The summed E-state index contributed by atoms with van der Waals surface area (Å²) in [6.45, 7) is 1.80. The van der Waals surface area contributed by atoms with Crippen LogP contribution in [0.5, 0.6) is 0 Å². The molecule has 11 heteroatoms. The maximum atomic E-state index is 11.1. The molecule has 0 atom stereocenters. The largest absolute Gasteiger partial charge is 0.478 e. The van der Waals surface area contributed by atoms with E-state index in [2.05, 4.69) is 20.2 Å². The molecule has 2 aromatic heterocycles. The molecule has 2 aliphatic rings. The van der Waals surface area contributed by atoms with Crippen LogP contribution in [0.25, 0.3) is 22.7 Å². The third-order valence-corrected chi connectivity index (χ3v) is 7.58. The highest BCUT2D eigenvalue weighted by atomic mass is 35.5. The van der Waals surface area contributed by atoms with Crippen molar-refractivity contribution >= 4 is 35.1 Å². The fourth-order valence-corrected chi connectivity index (χ4v) is 5.27. The molecule has 1 saturated heterocycles. The van der Waals surface area contributed by atoms with Crippen molar-refractivity contribution in [3.8, 4) is 22.7 Å². The summed E-state index contributed by atoms with van der Waals surface area (Å²) in [4.78, 5) is 17.6. The van der Waals surface area contributed by atoms with Crippen LogP contribution in [0, 0.1) is 0 Å². The van der Waals surface area contributed by atoms with E-state index in [1.54, 1.807) is 24.3 Å². The SMILES string of the molecule is O=C(O)c1ccc(-c2nc(N3CCC(OCc4c(-c5c(Cl)cccc5Cl)noc4C4CC4)CC3)no2)cc1. The monoisotopic (exact) mass is 554 g/mol. The highest BCUT2D eigenvalue weighted by Crippen LogP contribution is 2.46. The zero-order chi connectivity index (χ0) is 26.2. The molecular weight excluding hydrogens is 531 g/mol. The van der Waals surface area contributed by atoms with Crippen molar-refractivity contribution in [3.63, 3.8) is 0 Å². The topological polar surface area (TPSA) is 115 Å². The van der Waals surface area contributed by atoms with Gasteiger partial charge in [-0.25, -0.2) is 4.79 Å². The van der Waals surface area contributed by atoms with Crippen LogP contribution in [0.4, 0.5) is 5.95 Å². The van der Waals surface area contributed by atoms with Gasteiger partial charge in [-0.05, 0) is 67.2 Å². The Hall–Kier alpha value is -3.40. The molecule has 4 aromatic rings. The van der Waals surface area contributed by atoms with Crippen LogP contribution in [0.15, 0.2) is 51.5 Å². The van der Waals surface area contributed by atoms with Gasteiger partial charge in [0.2, 0.25) is 0 Å². The average molecular weight is 555 g/mol. The molecule has 0 unspecified atom stereocenters. The molecule has 38 heavy (non-hydrogen) atoms. The van der Waals surface area contributed by atoms with Gasteiger partial charge in [-0.15, -0.1) is 0 Å². The fourth-order valence-electron chi connectivity index (χ4n) is 4.69. The van der Waals surface area contributed by atoms with Crippen molar-refractivity contribution < 1.29 is 23.7 Å². The minimum atomic E-state index is -0.982. The van der Waals surface area contributed by atoms with E-state index in [-0.39, 0.29) is 11.7 Å². The zero-order valence-corrected chi connectivity index (χ0v) is 21.8. The number of anilines is 1. The number of benzene rings is 2. The van der Waals surface area contributed by atoms with Crippen LogP contribution >= 0.6 is 23.2 Å². The maximum absolute atomic E-state index is 11.1. The number of rotatable bonds is 8. The van der Waals surface area contributed by atoms with Crippen LogP contribution in [-0.4, -0.2) is 45.6 Å². The third-order valence-electron chi connectivity index (χ3n) is 6.95. The summed E-state index contributed by atoms with van der Waals surface area (Å²) in [7, 11) is 0. The Bertz CT molecular complexity index is 1440. The molecule has 2 aromatic carbocycles. The minimum absolute atomic E-state index is 0.0534. The van der Waals surface area contributed by atoms with Crippen LogP contribution < -0.4 is 4.90 Å². The Labute approximate surface area is 228 Å². The van der Waals surface area contributed by atoms with Gasteiger partial charge in [-0.2, -0.15) is 4.98 Å². The Morgan fingerprint density at radius 1 is 1.00 bits per heavy atom. The number of carboxylic acids is 1. The number of carboxylic acid groups (broad SMARTS) is 1. The molecule has 1 saturated carbocycles. The van der Waals surface area contributed by atoms with Gasteiger partial charge in [0, 0.05) is 35.7 Å². The van der Waals surface area contributed by atoms with Crippen molar-refractivity contribution in [2.75, 3.05) is 18.0 Å². The summed E-state index contributed by atoms with van der Waals surface area (Å²) in [5, 5.41) is 18.6. The first-order chi connectivity index (χ1) is 18.5. The van der Waals surface area contributed by atoms with Gasteiger partial charge in [-0.1, -0.05) is 34.4 Å². The van der Waals surface area contributed by atoms with Crippen LogP contribution in [0.3, 0.4) is 0 Å². The Kier molecular flexibility index (Phi) is 6.82. The summed E-state index contributed by atoms with van der Waals surface area (Å²) in [6, 6.07) is 11.7.